The van der Waals surface area contributed by atoms with Crippen molar-refractivity contribution in [3.63, 3.8) is 0 Å². The number of ether oxygens (including phenoxy) is 3. The predicted octanol–water partition coefficient (Wildman–Crippen LogP) is 2.85. The molecule has 1 aromatic carbocycles. The van der Waals surface area contributed by atoms with Gasteiger partial charge < -0.3 is 14.2 Å². The summed E-state index contributed by atoms with van der Waals surface area (Å²) in [6.07, 6.45) is 0.0702. The average Bonchev–Trinajstić information content (AvgIpc) is 2.45. The Balaban J connectivity index is 3.01. The van der Waals surface area contributed by atoms with Gasteiger partial charge in [0.05, 0.1) is 27.2 Å². The molecule has 0 fully saturated rings. The molecule has 1 aromatic rings. The number of Topliss-reactive ketones (excluding diaryl/α,β-unsaturated/α-hetero) is 1. The van der Waals surface area contributed by atoms with Gasteiger partial charge in [-0.25, -0.2) is 0 Å². The molecule has 0 heterocycles. The summed E-state index contributed by atoms with van der Waals surface area (Å²) in [5.74, 6) is -0.0834. The number of hydrogen-bond acceptors (Lipinski definition) is 5. The zero-order chi connectivity index (χ0) is 15.3. The van der Waals surface area contributed by atoms with Crippen LogP contribution in [0.15, 0.2) is 16.6 Å². The highest BCUT2D eigenvalue weighted by molar-refractivity contribution is 9.10. The van der Waals surface area contributed by atoms with Crippen molar-refractivity contribution in [3.8, 4) is 11.5 Å². The maximum Gasteiger partial charge on any atom is 0.308 e. The van der Waals surface area contributed by atoms with E-state index in [0.29, 0.717) is 21.5 Å². The fourth-order valence-electron chi connectivity index (χ4n) is 1.74. The highest BCUT2D eigenvalue weighted by Crippen LogP contribution is 2.34. The number of carbonyl (C=O) groups excluding carboxylic acids is 2. The third-order valence-corrected chi connectivity index (χ3v) is 3.52. The van der Waals surface area contributed by atoms with Crippen molar-refractivity contribution in [1.82, 2.24) is 0 Å². The van der Waals surface area contributed by atoms with E-state index in [0.717, 1.165) is 0 Å². The first-order chi connectivity index (χ1) is 9.44. The Kier molecular flexibility index (Phi) is 6.01. The molecule has 5 nitrogen and oxygen atoms in total. The van der Waals surface area contributed by atoms with Crippen molar-refractivity contribution < 1.29 is 23.8 Å². The van der Waals surface area contributed by atoms with Gasteiger partial charge in [0.2, 0.25) is 0 Å². The van der Waals surface area contributed by atoms with Crippen LogP contribution in [0, 0.1) is 5.92 Å². The summed E-state index contributed by atoms with van der Waals surface area (Å²) in [4.78, 5) is 23.6. The molecule has 0 aliphatic carbocycles. The van der Waals surface area contributed by atoms with E-state index < -0.39 is 11.9 Å². The first kappa shape index (κ1) is 16.5. The Morgan fingerprint density at radius 3 is 2.20 bits per heavy atom. The van der Waals surface area contributed by atoms with Gasteiger partial charge in [0, 0.05) is 16.5 Å². The van der Waals surface area contributed by atoms with Gasteiger partial charge in [0.15, 0.2) is 17.3 Å². The lowest BCUT2D eigenvalue weighted by Crippen LogP contribution is -2.17. The van der Waals surface area contributed by atoms with E-state index in [-0.39, 0.29) is 12.2 Å². The Labute approximate surface area is 126 Å². The lowest BCUT2D eigenvalue weighted by Gasteiger charge is -2.13. The Morgan fingerprint density at radius 1 is 1.15 bits per heavy atom. The SMILES string of the molecule is COC(=O)C(C)CC(=O)c1cc(OC)c(OC)cc1Br. The lowest BCUT2D eigenvalue weighted by atomic mass is 9.99. The normalized spacial score (nSPS) is 11.7. The van der Waals surface area contributed by atoms with E-state index in [4.69, 9.17) is 9.47 Å². The first-order valence-corrected chi connectivity index (χ1v) is 6.76. The molecular weight excluding hydrogens is 328 g/mol. The van der Waals surface area contributed by atoms with Gasteiger partial charge in [0.25, 0.3) is 0 Å². The summed E-state index contributed by atoms with van der Waals surface area (Å²) in [7, 11) is 4.32. The molecular formula is C14H17BrO5. The highest BCUT2D eigenvalue weighted by Gasteiger charge is 2.21. The Bertz CT molecular complexity index is 513. The summed E-state index contributed by atoms with van der Waals surface area (Å²) < 4.78 is 15.5. The van der Waals surface area contributed by atoms with Gasteiger partial charge in [-0.1, -0.05) is 6.92 Å². The fourth-order valence-corrected chi connectivity index (χ4v) is 2.28. The second-order valence-electron chi connectivity index (χ2n) is 4.24. The van der Waals surface area contributed by atoms with Crippen LogP contribution in [0.3, 0.4) is 0 Å². The van der Waals surface area contributed by atoms with E-state index in [1.165, 1.54) is 21.3 Å². The van der Waals surface area contributed by atoms with E-state index in [1.807, 2.05) is 0 Å². The van der Waals surface area contributed by atoms with Crippen molar-refractivity contribution in [2.45, 2.75) is 13.3 Å². The zero-order valence-electron chi connectivity index (χ0n) is 11.9. The number of ketones is 1. The largest absolute Gasteiger partial charge is 0.493 e. The number of halogens is 1. The number of hydrogen-bond donors (Lipinski definition) is 0. The summed E-state index contributed by atoms with van der Waals surface area (Å²) in [5, 5.41) is 0. The molecule has 0 aromatic heterocycles. The van der Waals surface area contributed by atoms with Crippen molar-refractivity contribution in [2.75, 3.05) is 21.3 Å². The maximum absolute atomic E-state index is 12.2. The van der Waals surface area contributed by atoms with Crippen LogP contribution in [-0.2, 0) is 9.53 Å². The topological polar surface area (TPSA) is 61.8 Å². The monoisotopic (exact) mass is 344 g/mol. The van der Waals surface area contributed by atoms with Crippen LogP contribution in [0.5, 0.6) is 11.5 Å². The standard InChI is InChI=1S/C14H17BrO5/c1-8(14(17)20-4)5-11(16)9-6-12(18-2)13(19-3)7-10(9)15/h6-8H,5H2,1-4H3. The van der Waals surface area contributed by atoms with Crippen molar-refractivity contribution in [2.24, 2.45) is 5.92 Å². The molecule has 0 aliphatic rings. The minimum atomic E-state index is -0.493. The Morgan fingerprint density at radius 2 is 1.70 bits per heavy atom. The summed E-state index contributed by atoms with van der Waals surface area (Å²) >= 11 is 3.32. The number of esters is 1. The molecule has 0 aliphatic heterocycles. The zero-order valence-corrected chi connectivity index (χ0v) is 13.4. The summed E-state index contributed by atoms with van der Waals surface area (Å²) in [6.45, 7) is 1.65. The van der Waals surface area contributed by atoms with Gasteiger partial charge in [-0.05, 0) is 28.1 Å². The summed E-state index contributed by atoms with van der Waals surface area (Å²) in [6, 6.07) is 3.25. The minimum absolute atomic E-state index is 0.0702. The molecule has 1 rings (SSSR count). The molecule has 110 valence electrons. The van der Waals surface area contributed by atoms with Crippen LogP contribution < -0.4 is 9.47 Å². The summed E-state index contributed by atoms with van der Waals surface area (Å²) in [5.41, 5.74) is 0.443. The molecule has 0 spiro atoms. The van der Waals surface area contributed by atoms with Crippen molar-refractivity contribution in [1.29, 1.82) is 0 Å². The molecule has 6 heteroatoms. The van der Waals surface area contributed by atoms with Gasteiger partial charge in [-0.3, -0.25) is 9.59 Å². The van der Waals surface area contributed by atoms with Crippen LogP contribution >= 0.6 is 15.9 Å². The third-order valence-electron chi connectivity index (χ3n) is 2.87. The molecule has 20 heavy (non-hydrogen) atoms. The molecule has 0 radical (unpaired) electrons. The van der Waals surface area contributed by atoms with Crippen LogP contribution in [0.25, 0.3) is 0 Å². The van der Waals surface area contributed by atoms with E-state index in [2.05, 4.69) is 20.7 Å². The lowest BCUT2D eigenvalue weighted by molar-refractivity contribution is -0.144. The van der Waals surface area contributed by atoms with Crippen molar-refractivity contribution in [3.05, 3.63) is 22.2 Å². The van der Waals surface area contributed by atoms with E-state index in [9.17, 15) is 9.59 Å². The van der Waals surface area contributed by atoms with Crippen LogP contribution in [-0.4, -0.2) is 33.1 Å². The molecule has 0 bridgehead atoms. The van der Waals surface area contributed by atoms with Gasteiger partial charge in [0.1, 0.15) is 0 Å². The Hall–Kier alpha value is -1.56. The molecule has 1 atom stereocenters. The van der Waals surface area contributed by atoms with Gasteiger partial charge in [-0.2, -0.15) is 0 Å². The van der Waals surface area contributed by atoms with Crippen LogP contribution in [0.2, 0.25) is 0 Å². The molecule has 0 saturated carbocycles. The van der Waals surface area contributed by atoms with E-state index in [1.54, 1.807) is 19.1 Å². The van der Waals surface area contributed by atoms with Crippen LogP contribution in [0.1, 0.15) is 23.7 Å². The quantitative estimate of drug-likeness (QED) is 0.586. The number of benzene rings is 1. The molecule has 0 amide bonds. The number of carbonyl (C=O) groups is 2. The molecule has 0 N–H and O–H groups in total. The van der Waals surface area contributed by atoms with Gasteiger partial charge in [-0.15, -0.1) is 0 Å². The van der Waals surface area contributed by atoms with Gasteiger partial charge >= 0.3 is 5.97 Å². The smallest absolute Gasteiger partial charge is 0.308 e. The second-order valence-corrected chi connectivity index (χ2v) is 5.09. The van der Waals surface area contributed by atoms with Crippen molar-refractivity contribution >= 4 is 27.7 Å². The fraction of sp³-hybridized carbons (Fsp3) is 0.429. The number of methoxy groups -OCH3 is 3. The molecule has 0 saturated heterocycles. The van der Waals surface area contributed by atoms with Crippen LogP contribution in [0.4, 0.5) is 0 Å². The highest BCUT2D eigenvalue weighted by atomic mass is 79.9. The third kappa shape index (κ3) is 3.72. The first-order valence-electron chi connectivity index (χ1n) is 5.97. The average molecular weight is 345 g/mol. The predicted molar refractivity (Wildman–Crippen MR) is 77.4 cm³/mol. The second kappa shape index (κ2) is 7.28. The molecule has 1 unspecified atom stereocenters. The number of rotatable bonds is 6. The van der Waals surface area contributed by atoms with E-state index >= 15 is 0 Å². The maximum atomic E-state index is 12.2. The minimum Gasteiger partial charge on any atom is -0.493 e.